The molecule has 0 atom stereocenters. The lowest BCUT2D eigenvalue weighted by atomic mass is 10.1. The zero-order valence-corrected chi connectivity index (χ0v) is 13.0. The van der Waals surface area contributed by atoms with Crippen LogP contribution in [0.15, 0.2) is 29.3 Å². The molecule has 1 aromatic carbocycles. The second kappa shape index (κ2) is 5.79. The summed E-state index contributed by atoms with van der Waals surface area (Å²) in [4.78, 5) is 8.27. The van der Waals surface area contributed by atoms with Crippen LogP contribution in [0.25, 0.3) is 0 Å². The largest absolute Gasteiger partial charge is 0.398 e. The van der Waals surface area contributed by atoms with Crippen LogP contribution in [0, 0.1) is 20.8 Å². The van der Waals surface area contributed by atoms with Gasteiger partial charge < -0.3 is 5.73 Å². The van der Waals surface area contributed by atoms with Gasteiger partial charge in [0.2, 0.25) is 10.0 Å². The van der Waals surface area contributed by atoms with Gasteiger partial charge in [0.25, 0.3) is 0 Å². The molecular weight excluding hydrogens is 288 g/mol. The molecule has 0 aliphatic carbocycles. The maximum atomic E-state index is 12.4. The molecule has 0 radical (unpaired) electrons. The fourth-order valence-electron chi connectivity index (χ4n) is 2.01. The number of benzene rings is 1. The molecule has 0 unspecified atom stereocenters. The van der Waals surface area contributed by atoms with Crippen molar-refractivity contribution in [1.29, 1.82) is 0 Å². The zero-order valence-electron chi connectivity index (χ0n) is 12.2. The second-order valence-electron chi connectivity index (χ2n) is 4.85. The Morgan fingerprint density at radius 2 is 1.90 bits per heavy atom. The molecule has 0 aliphatic heterocycles. The minimum atomic E-state index is -3.69. The molecule has 0 aliphatic rings. The van der Waals surface area contributed by atoms with Crippen LogP contribution >= 0.6 is 0 Å². The predicted molar refractivity (Wildman–Crippen MR) is 81.1 cm³/mol. The van der Waals surface area contributed by atoms with Gasteiger partial charge >= 0.3 is 0 Å². The van der Waals surface area contributed by atoms with E-state index < -0.39 is 10.0 Å². The number of aryl methyl sites for hydroxylation is 2. The highest BCUT2D eigenvalue weighted by atomic mass is 32.2. The molecule has 0 saturated carbocycles. The smallest absolute Gasteiger partial charge is 0.243 e. The van der Waals surface area contributed by atoms with Crippen molar-refractivity contribution >= 4 is 15.7 Å². The minimum Gasteiger partial charge on any atom is -0.398 e. The Morgan fingerprint density at radius 1 is 1.19 bits per heavy atom. The summed E-state index contributed by atoms with van der Waals surface area (Å²) in [5, 5.41) is 0. The van der Waals surface area contributed by atoms with Crippen molar-refractivity contribution in [1.82, 2.24) is 14.7 Å². The van der Waals surface area contributed by atoms with E-state index >= 15 is 0 Å². The van der Waals surface area contributed by atoms with E-state index in [0.717, 1.165) is 5.56 Å². The number of nitrogens with zero attached hydrogens (tertiary/aromatic N) is 2. The Hall–Kier alpha value is -1.99. The standard InChI is InChI=1S/C14H18N4O2S/c1-9-4-5-13(15)14(10(9)2)21(19,20)17-8-12-6-7-16-11(3)18-12/h4-7,17H,8,15H2,1-3H3. The summed E-state index contributed by atoms with van der Waals surface area (Å²) >= 11 is 0. The van der Waals surface area contributed by atoms with Crippen molar-refractivity contribution < 1.29 is 8.42 Å². The molecule has 1 heterocycles. The molecule has 0 amide bonds. The number of hydrogen-bond acceptors (Lipinski definition) is 5. The van der Waals surface area contributed by atoms with Gasteiger partial charge in [-0.05, 0) is 44.0 Å². The highest BCUT2D eigenvalue weighted by molar-refractivity contribution is 7.89. The molecule has 0 bridgehead atoms. The first-order chi connectivity index (χ1) is 9.81. The summed E-state index contributed by atoms with van der Waals surface area (Å²) in [6.45, 7) is 5.44. The SMILES string of the molecule is Cc1nccc(CNS(=O)(=O)c2c(N)ccc(C)c2C)n1. The van der Waals surface area contributed by atoms with E-state index in [1.54, 1.807) is 38.2 Å². The van der Waals surface area contributed by atoms with E-state index in [0.29, 0.717) is 17.1 Å². The molecule has 0 saturated heterocycles. The number of rotatable bonds is 4. The summed E-state index contributed by atoms with van der Waals surface area (Å²) in [7, 11) is -3.69. The van der Waals surface area contributed by atoms with Crippen LogP contribution in [0.1, 0.15) is 22.6 Å². The number of nitrogens with two attached hydrogens (primary N) is 1. The molecule has 21 heavy (non-hydrogen) atoms. The highest BCUT2D eigenvalue weighted by Gasteiger charge is 2.21. The van der Waals surface area contributed by atoms with Gasteiger partial charge in [0.1, 0.15) is 10.7 Å². The van der Waals surface area contributed by atoms with Crippen LogP contribution in [0.2, 0.25) is 0 Å². The van der Waals surface area contributed by atoms with E-state index in [2.05, 4.69) is 14.7 Å². The first kappa shape index (κ1) is 15.4. The minimum absolute atomic E-state index is 0.0957. The third-order valence-electron chi connectivity index (χ3n) is 3.25. The average molecular weight is 306 g/mol. The number of anilines is 1. The van der Waals surface area contributed by atoms with E-state index in [1.807, 2.05) is 6.92 Å². The van der Waals surface area contributed by atoms with Crippen molar-refractivity contribution in [2.45, 2.75) is 32.2 Å². The summed E-state index contributed by atoms with van der Waals surface area (Å²) in [5.41, 5.74) is 8.20. The lowest BCUT2D eigenvalue weighted by Gasteiger charge is -2.13. The van der Waals surface area contributed by atoms with Gasteiger partial charge in [-0.15, -0.1) is 0 Å². The first-order valence-corrected chi connectivity index (χ1v) is 7.93. The average Bonchev–Trinajstić information content (AvgIpc) is 2.41. The maximum absolute atomic E-state index is 12.4. The zero-order chi connectivity index (χ0) is 15.6. The number of hydrogen-bond donors (Lipinski definition) is 2. The Morgan fingerprint density at radius 3 is 2.57 bits per heavy atom. The third kappa shape index (κ3) is 3.37. The van der Waals surface area contributed by atoms with Crippen molar-refractivity contribution in [2.24, 2.45) is 0 Å². The van der Waals surface area contributed by atoms with Gasteiger partial charge in [-0.2, -0.15) is 0 Å². The molecule has 2 aromatic rings. The lowest BCUT2D eigenvalue weighted by molar-refractivity contribution is 0.580. The van der Waals surface area contributed by atoms with E-state index in [9.17, 15) is 8.42 Å². The van der Waals surface area contributed by atoms with Crippen molar-refractivity contribution in [3.8, 4) is 0 Å². The molecule has 0 fully saturated rings. The summed E-state index contributed by atoms with van der Waals surface area (Å²) < 4.78 is 27.4. The van der Waals surface area contributed by atoms with Gasteiger partial charge in [0.15, 0.2) is 0 Å². The van der Waals surface area contributed by atoms with Crippen LogP contribution in [-0.2, 0) is 16.6 Å². The summed E-state index contributed by atoms with van der Waals surface area (Å²) in [5.74, 6) is 0.595. The van der Waals surface area contributed by atoms with Crippen molar-refractivity contribution in [3.05, 3.63) is 47.0 Å². The third-order valence-corrected chi connectivity index (χ3v) is 4.86. The molecule has 2 rings (SSSR count). The highest BCUT2D eigenvalue weighted by Crippen LogP contribution is 2.25. The summed E-state index contributed by atoms with van der Waals surface area (Å²) in [6, 6.07) is 5.07. The fourth-order valence-corrected chi connectivity index (χ4v) is 3.44. The van der Waals surface area contributed by atoms with Gasteiger partial charge in [-0.25, -0.2) is 23.1 Å². The molecule has 3 N–H and O–H groups in total. The van der Waals surface area contributed by atoms with Gasteiger partial charge in [-0.3, -0.25) is 0 Å². The van der Waals surface area contributed by atoms with E-state index in [1.165, 1.54) is 0 Å². The number of sulfonamides is 1. The van der Waals surface area contributed by atoms with Gasteiger partial charge in [-0.1, -0.05) is 6.07 Å². The van der Waals surface area contributed by atoms with Gasteiger partial charge in [0.05, 0.1) is 17.9 Å². The Balaban J connectivity index is 2.29. The molecule has 6 nitrogen and oxygen atoms in total. The Labute approximate surface area is 124 Å². The van der Waals surface area contributed by atoms with Crippen LogP contribution in [0.3, 0.4) is 0 Å². The first-order valence-electron chi connectivity index (χ1n) is 6.45. The van der Waals surface area contributed by atoms with Crippen molar-refractivity contribution in [3.63, 3.8) is 0 Å². The number of nitrogens with one attached hydrogen (secondary N) is 1. The molecule has 112 valence electrons. The van der Waals surface area contributed by atoms with Crippen LogP contribution < -0.4 is 10.5 Å². The Kier molecular flexibility index (Phi) is 4.24. The topological polar surface area (TPSA) is 98.0 Å². The van der Waals surface area contributed by atoms with Crippen LogP contribution in [-0.4, -0.2) is 18.4 Å². The molecule has 7 heteroatoms. The second-order valence-corrected chi connectivity index (χ2v) is 6.55. The van der Waals surface area contributed by atoms with E-state index in [-0.39, 0.29) is 17.1 Å². The Bertz CT molecular complexity index is 773. The molecule has 1 aromatic heterocycles. The quantitative estimate of drug-likeness (QED) is 0.833. The maximum Gasteiger partial charge on any atom is 0.243 e. The number of aromatic nitrogens is 2. The van der Waals surface area contributed by atoms with Crippen LogP contribution in [0.5, 0.6) is 0 Å². The predicted octanol–water partition coefficient (Wildman–Crippen LogP) is 1.46. The summed E-state index contributed by atoms with van der Waals surface area (Å²) in [6.07, 6.45) is 1.60. The molecular formula is C14H18N4O2S. The van der Waals surface area contributed by atoms with E-state index in [4.69, 9.17) is 5.73 Å². The number of nitrogen functional groups attached to an aromatic ring is 1. The monoisotopic (exact) mass is 306 g/mol. The van der Waals surface area contributed by atoms with Gasteiger partial charge in [0, 0.05) is 6.20 Å². The van der Waals surface area contributed by atoms with Crippen molar-refractivity contribution in [2.75, 3.05) is 5.73 Å². The molecule has 0 spiro atoms. The normalized spacial score (nSPS) is 11.6. The lowest BCUT2D eigenvalue weighted by Crippen LogP contribution is -2.25. The fraction of sp³-hybridized carbons (Fsp3) is 0.286. The van der Waals surface area contributed by atoms with Crippen LogP contribution in [0.4, 0.5) is 5.69 Å².